The fraction of sp³-hybridized carbons (Fsp3) is 0.667. The molecule has 0 aromatic rings. The van der Waals surface area contributed by atoms with Crippen molar-refractivity contribution in [3.8, 4) is 0 Å². The molecule has 1 aliphatic heterocycles. The van der Waals surface area contributed by atoms with E-state index in [0.717, 1.165) is 12.5 Å². The number of ketones is 1. The number of rotatable bonds is 2. The van der Waals surface area contributed by atoms with Crippen molar-refractivity contribution >= 4 is 5.78 Å². The molecule has 2 atom stereocenters. The molecule has 0 radical (unpaired) electrons. The number of carbonyl (C=O) groups is 1. The molecule has 0 amide bonds. The molecular weight excluding hydrogens is 138 g/mol. The lowest BCUT2D eigenvalue weighted by atomic mass is 10.2. The van der Waals surface area contributed by atoms with Crippen LogP contribution in [0.1, 0.15) is 13.3 Å². The molecule has 1 aliphatic carbocycles. The summed E-state index contributed by atoms with van der Waals surface area (Å²) < 4.78 is 0. The van der Waals surface area contributed by atoms with Gasteiger partial charge in [0.1, 0.15) is 5.78 Å². The molecule has 1 fully saturated rings. The molecule has 11 heavy (non-hydrogen) atoms. The molecule has 0 spiro atoms. The third kappa shape index (κ3) is 1.23. The molecule has 1 saturated heterocycles. The molecule has 2 unspecified atom stereocenters. The Hall–Kier alpha value is -0.630. The highest BCUT2D eigenvalue weighted by Crippen LogP contribution is 2.30. The molecule has 2 bridgehead atoms. The minimum atomic E-state index is 0.283. The summed E-state index contributed by atoms with van der Waals surface area (Å²) in [4.78, 5) is 13.1. The number of nitrogens with zero attached hydrogens (tertiary/aromatic N) is 1. The van der Waals surface area contributed by atoms with Crippen molar-refractivity contribution < 1.29 is 4.79 Å². The molecule has 0 aromatic carbocycles. The lowest BCUT2D eigenvalue weighted by Gasteiger charge is -2.21. The number of carbonyl (C=O) groups excluding carboxylic acids is 1. The van der Waals surface area contributed by atoms with E-state index in [4.69, 9.17) is 0 Å². The van der Waals surface area contributed by atoms with Crippen LogP contribution < -0.4 is 0 Å². The topological polar surface area (TPSA) is 20.3 Å². The van der Waals surface area contributed by atoms with Gasteiger partial charge in [0.05, 0.1) is 6.54 Å². The van der Waals surface area contributed by atoms with Crippen molar-refractivity contribution in [3.05, 3.63) is 12.2 Å². The molecule has 0 N–H and O–H groups in total. The maximum atomic E-state index is 10.8. The first-order chi connectivity index (χ1) is 5.25. The summed E-state index contributed by atoms with van der Waals surface area (Å²) in [5.74, 6) is 1.02. The number of hydrogen-bond acceptors (Lipinski definition) is 2. The van der Waals surface area contributed by atoms with Crippen molar-refractivity contribution in [3.63, 3.8) is 0 Å². The van der Waals surface area contributed by atoms with Crippen molar-refractivity contribution in [2.45, 2.75) is 19.4 Å². The van der Waals surface area contributed by atoms with Gasteiger partial charge in [0.25, 0.3) is 0 Å². The van der Waals surface area contributed by atoms with Crippen molar-refractivity contribution in [1.82, 2.24) is 4.90 Å². The highest BCUT2D eigenvalue weighted by molar-refractivity contribution is 5.77. The van der Waals surface area contributed by atoms with Crippen molar-refractivity contribution in [1.29, 1.82) is 0 Å². The Morgan fingerprint density at radius 2 is 2.45 bits per heavy atom. The first-order valence-corrected chi connectivity index (χ1v) is 4.17. The third-order valence-corrected chi connectivity index (χ3v) is 2.51. The minimum absolute atomic E-state index is 0.283. The van der Waals surface area contributed by atoms with Crippen LogP contribution in [0.5, 0.6) is 0 Å². The van der Waals surface area contributed by atoms with Crippen LogP contribution in [0.3, 0.4) is 0 Å². The smallest absolute Gasteiger partial charge is 0.143 e. The van der Waals surface area contributed by atoms with Gasteiger partial charge in [-0.05, 0) is 19.3 Å². The zero-order valence-corrected chi connectivity index (χ0v) is 6.79. The van der Waals surface area contributed by atoms with Gasteiger partial charge in [-0.2, -0.15) is 0 Å². The molecule has 2 rings (SSSR count). The lowest BCUT2D eigenvalue weighted by Crippen LogP contribution is -2.33. The second kappa shape index (κ2) is 2.45. The third-order valence-electron chi connectivity index (χ3n) is 2.51. The summed E-state index contributed by atoms with van der Waals surface area (Å²) >= 11 is 0. The normalized spacial score (nSPS) is 35.0. The molecular formula is C9H13NO. The van der Waals surface area contributed by atoms with Crippen LogP contribution in [0.2, 0.25) is 0 Å². The molecule has 2 heteroatoms. The molecule has 2 nitrogen and oxygen atoms in total. The van der Waals surface area contributed by atoms with Gasteiger partial charge in [0.2, 0.25) is 0 Å². The van der Waals surface area contributed by atoms with Crippen LogP contribution in [0.25, 0.3) is 0 Å². The second-order valence-corrected chi connectivity index (χ2v) is 3.58. The van der Waals surface area contributed by atoms with E-state index in [1.54, 1.807) is 6.92 Å². The van der Waals surface area contributed by atoms with Crippen molar-refractivity contribution in [2.75, 3.05) is 13.1 Å². The van der Waals surface area contributed by atoms with Gasteiger partial charge in [0.15, 0.2) is 0 Å². The van der Waals surface area contributed by atoms with Gasteiger partial charge in [-0.25, -0.2) is 0 Å². The summed E-state index contributed by atoms with van der Waals surface area (Å²) in [5, 5.41) is 0. The van der Waals surface area contributed by atoms with Crippen LogP contribution in [-0.4, -0.2) is 29.8 Å². The Bertz CT molecular complexity index is 210. The highest BCUT2D eigenvalue weighted by Gasteiger charge is 2.33. The van der Waals surface area contributed by atoms with E-state index >= 15 is 0 Å². The summed E-state index contributed by atoms with van der Waals surface area (Å²) in [6.07, 6.45) is 5.76. The van der Waals surface area contributed by atoms with Gasteiger partial charge in [-0.1, -0.05) is 12.2 Å². The zero-order chi connectivity index (χ0) is 7.84. The predicted octanol–water partition coefficient (Wildman–Crippen LogP) is 0.836. The summed E-state index contributed by atoms with van der Waals surface area (Å²) in [6, 6.07) is 0.573. The minimum Gasteiger partial charge on any atom is -0.299 e. The maximum absolute atomic E-state index is 10.8. The highest BCUT2D eigenvalue weighted by atomic mass is 16.1. The average molecular weight is 151 g/mol. The first-order valence-electron chi connectivity index (χ1n) is 4.17. The van der Waals surface area contributed by atoms with Gasteiger partial charge < -0.3 is 0 Å². The van der Waals surface area contributed by atoms with E-state index in [1.807, 2.05) is 0 Å². The van der Waals surface area contributed by atoms with E-state index in [1.165, 1.54) is 6.42 Å². The lowest BCUT2D eigenvalue weighted by molar-refractivity contribution is -0.118. The summed E-state index contributed by atoms with van der Waals surface area (Å²) in [6.45, 7) is 3.40. The standard InChI is InChI=1S/C9H13NO/c1-7(11)5-10-6-8-2-3-9(10)4-8/h2-3,8-9H,4-6H2,1H3. The predicted molar refractivity (Wildman–Crippen MR) is 43.3 cm³/mol. The fourth-order valence-electron chi connectivity index (χ4n) is 2.06. The van der Waals surface area contributed by atoms with Gasteiger partial charge in [-0.3, -0.25) is 9.69 Å². The Morgan fingerprint density at radius 1 is 1.64 bits per heavy atom. The Balaban J connectivity index is 1.98. The number of fused-ring (bicyclic) bond motifs is 2. The van der Waals surface area contributed by atoms with E-state index < -0.39 is 0 Å². The average Bonchev–Trinajstić information content (AvgIpc) is 2.45. The van der Waals surface area contributed by atoms with E-state index in [0.29, 0.717) is 12.6 Å². The second-order valence-electron chi connectivity index (χ2n) is 3.58. The molecule has 2 aliphatic rings. The molecule has 0 saturated carbocycles. The van der Waals surface area contributed by atoms with Crippen LogP contribution >= 0.6 is 0 Å². The quantitative estimate of drug-likeness (QED) is 0.545. The van der Waals surface area contributed by atoms with Gasteiger partial charge >= 0.3 is 0 Å². The Kier molecular flexibility index (Phi) is 1.57. The van der Waals surface area contributed by atoms with Crippen LogP contribution in [0.15, 0.2) is 12.2 Å². The maximum Gasteiger partial charge on any atom is 0.143 e. The van der Waals surface area contributed by atoms with Gasteiger partial charge in [-0.15, -0.1) is 0 Å². The number of likely N-dealkylation sites (tertiary alicyclic amines) is 1. The molecule has 60 valence electrons. The fourth-order valence-corrected chi connectivity index (χ4v) is 2.06. The van der Waals surface area contributed by atoms with Crippen molar-refractivity contribution in [2.24, 2.45) is 5.92 Å². The zero-order valence-electron chi connectivity index (χ0n) is 6.79. The van der Waals surface area contributed by atoms with Crippen LogP contribution in [-0.2, 0) is 4.79 Å². The molecule has 1 heterocycles. The number of Topliss-reactive ketones (excluding diaryl/α,β-unsaturated/α-hetero) is 1. The SMILES string of the molecule is CC(=O)CN1CC2C=CC1C2. The van der Waals surface area contributed by atoms with Crippen LogP contribution in [0, 0.1) is 5.92 Å². The van der Waals surface area contributed by atoms with Crippen LogP contribution in [0.4, 0.5) is 0 Å². The Morgan fingerprint density at radius 3 is 2.91 bits per heavy atom. The van der Waals surface area contributed by atoms with E-state index in [2.05, 4.69) is 17.1 Å². The Labute approximate surface area is 66.9 Å². The molecule has 0 aromatic heterocycles. The summed E-state index contributed by atoms with van der Waals surface area (Å²) in [7, 11) is 0. The summed E-state index contributed by atoms with van der Waals surface area (Å²) in [5.41, 5.74) is 0. The van der Waals surface area contributed by atoms with E-state index in [-0.39, 0.29) is 5.78 Å². The first kappa shape index (κ1) is 7.04. The largest absolute Gasteiger partial charge is 0.299 e. The van der Waals surface area contributed by atoms with Gasteiger partial charge in [0, 0.05) is 12.6 Å². The number of hydrogen-bond donors (Lipinski definition) is 0. The monoisotopic (exact) mass is 151 g/mol. The van der Waals surface area contributed by atoms with E-state index in [9.17, 15) is 4.79 Å².